The third-order valence-electron chi connectivity index (χ3n) is 3.29. The maximum absolute atomic E-state index is 12.6. The molecule has 126 valence electrons. The first-order valence-electron chi connectivity index (χ1n) is 6.84. The molecule has 0 radical (unpaired) electrons. The van der Waals surface area contributed by atoms with Crippen LogP contribution in [0.2, 0.25) is 0 Å². The Morgan fingerprint density at radius 1 is 1.09 bits per heavy atom. The van der Waals surface area contributed by atoms with Gasteiger partial charge in [-0.2, -0.15) is 13.2 Å². The highest BCUT2D eigenvalue weighted by Gasteiger charge is 2.31. The number of hydrogen-bond acceptors (Lipinski definition) is 3. The largest absolute Gasteiger partial charge is 0.416 e. The smallest absolute Gasteiger partial charge is 0.207 e. The number of rotatable bonds is 5. The van der Waals surface area contributed by atoms with Crippen molar-refractivity contribution in [3.05, 3.63) is 52.2 Å². The average Bonchev–Trinajstić information content (AvgIpc) is 2.97. The van der Waals surface area contributed by atoms with Gasteiger partial charge in [-0.1, -0.05) is 19.9 Å². The Kier molecular flexibility index (Phi) is 5.17. The van der Waals surface area contributed by atoms with Crippen molar-refractivity contribution in [3.63, 3.8) is 0 Å². The van der Waals surface area contributed by atoms with Crippen molar-refractivity contribution in [1.82, 2.24) is 4.72 Å². The molecule has 0 aliphatic carbocycles. The molecule has 0 saturated heterocycles. The van der Waals surface area contributed by atoms with Gasteiger partial charge in [0, 0.05) is 4.88 Å². The predicted molar refractivity (Wildman–Crippen MR) is 83.7 cm³/mol. The normalized spacial score (nSPS) is 14.2. The van der Waals surface area contributed by atoms with E-state index in [4.69, 9.17) is 0 Å². The minimum absolute atomic E-state index is 0.00197. The molecule has 0 amide bonds. The van der Waals surface area contributed by atoms with E-state index < -0.39 is 27.8 Å². The summed E-state index contributed by atoms with van der Waals surface area (Å²) in [5, 5.41) is 1.84. The van der Waals surface area contributed by atoms with Crippen molar-refractivity contribution in [3.8, 4) is 0 Å². The molecule has 23 heavy (non-hydrogen) atoms. The lowest BCUT2D eigenvalue weighted by Crippen LogP contribution is -2.31. The predicted octanol–water partition coefficient (Wildman–Crippen LogP) is 4.44. The lowest BCUT2D eigenvalue weighted by Gasteiger charge is -2.21. The molecule has 0 unspecified atom stereocenters. The fraction of sp³-hybridized carbons (Fsp3) is 0.333. The minimum atomic E-state index is -4.49. The molecule has 0 aliphatic rings. The summed E-state index contributed by atoms with van der Waals surface area (Å²) < 4.78 is 65.1. The van der Waals surface area contributed by atoms with Crippen molar-refractivity contribution in [1.29, 1.82) is 0 Å². The Labute approximate surface area is 137 Å². The van der Waals surface area contributed by atoms with Crippen LogP contribution in [0.3, 0.4) is 0 Å². The van der Waals surface area contributed by atoms with Crippen LogP contribution in [0.5, 0.6) is 0 Å². The molecular weight excluding hydrogens is 347 g/mol. The summed E-state index contributed by atoms with van der Waals surface area (Å²) in [5.41, 5.74) is -0.880. The second-order valence-corrected chi connectivity index (χ2v) is 8.07. The third kappa shape index (κ3) is 4.33. The van der Waals surface area contributed by atoms with Gasteiger partial charge < -0.3 is 0 Å². The first kappa shape index (κ1) is 18.0. The van der Waals surface area contributed by atoms with Crippen molar-refractivity contribution < 1.29 is 21.6 Å². The molecule has 0 bridgehead atoms. The first-order chi connectivity index (χ1) is 10.6. The third-order valence-corrected chi connectivity index (χ3v) is 5.70. The zero-order valence-electron chi connectivity index (χ0n) is 12.5. The van der Waals surface area contributed by atoms with E-state index in [-0.39, 0.29) is 10.8 Å². The van der Waals surface area contributed by atoms with Crippen LogP contribution in [0.1, 0.15) is 30.3 Å². The van der Waals surface area contributed by atoms with Crippen LogP contribution >= 0.6 is 11.3 Å². The molecule has 0 fully saturated rings. The number of nitrogens with one attached hydrogen (secondary N) is 1. The number of sulfonamides is 1. The topological polar surface area (TPSA) is 46.2 Å². The number of benzene rings is 1. The van der Waals surface area contributed by atoms with Crippen LogP contribution in [-0.2, 0) is 16.2 Å². The van der Waals surface area contributed by atoms with Gasteiger partial charge in [-0.25, -0.2) is 13.1 Å². The summed E-state index contributed by atoms with van der Waals surface area (Å²) in [6, 6.07) is 6.69. The van der Waals surface area contributed by atoms with E-state index in [1.165, 1.54) is 11.3 Å². The molecule has 1 N–H and O–H groups in total. The first-order valence-corrected chi connectivity index (χ1v) is 9.20. The zero-order valence-corrected chi connectivity index (χ0v) is 14.1. The van der Waals surface area contributed by atoms with E-state index in [0.29, 0.717) is 0 Å². The number of thiophene rings is 1. The summed E-state index contributed by atoms with van der Waals surface area (Å²) in [6.07, 6.45) is -4.49. The second-order valence-electron chi connectivity index (χ2n) is 5.38. The minimum Gasteiger partial charge on any atom is -0.207 e. The highest BCUT2D eigenvalue weighted by Crippen LogP contribution is 2.31. The average molecular weight is 363 g/mol. The van der Waals surface area contributed by atoms with Crippen molar-refractivity contribution in [2.75, 3.05) is 0 Å². The highest BCUT2D eigenvalue weighted by atomic mass is 32.2. The van der Waals surface area contributed by atoms with Crippen LogP contribution in [0.25, 0.3) is 0 Å². The van der Waals surface area contributed by atoms with Crippen molar-refractivity contribution in [2.45, 2.75) is 31.0 Å². The van der Waals surface area contributed by atoms with Crippen LogP contribution in [0.4, 0.5) is 13.2 Å². The molecule has 1 aromatic carbocycles. The molecule has 1 atom stereocenters. The van der Waals surface area contributed by atoms with Gasteiger partial charge in [0.25, 0.3) is 0 Å². The van der Waals surface area contributed by atoms with Gasteiger partial charge in [0.15, 0.2) is 0 Å². The monoisotopic (exact) mass is 363 g/mol. The number of hydrogen-bond donors (Lipinski definition) is 1. The van der Waals surface area contributed by atoms with E-state index in [0.717, 1.165) is 29.1 Å². The van der Waals surface area contributed by atoms with Gasteiger partial charge >= 0.3 is 6.18 Å². The van der Waals surface area contributed by atoms with E-state index in [1.54, 1.807) is 0 Å². The van der Waals surface area contributed by atoms with Crippen LogP contribution < -0.4 is 4.72 Å². The summed E-state index contributed by atoms with van der Waals surface area (Å²) in [4.78, 5) is 0.670. The Hall–Kier alpha value is -1.38. The lowest BCUT2D eigenvalue weighted by atomic mass is 10.0. The quantitative estimate of drug-likeness (QED) is 0.853. The summed E-state index contributed by atoms with van der Waals surface area (Å²) in [7, 11) is -3.90. The molecule has 1 aromatic heterocycles. The van der Waals surface area contributed by atoms with Gasteiger partial charge in [-0.15, -0.1) is 11.3 Å². The number of halogens is 3. The van der Waals surface area contributed by atoms with E-state index in [2.05, 4.69) is 4.72 Å². The fourth-order valence-electron chi connectivity index (χ4n) is 2.05. The molecule has 1 heterocycles. The maximum Gasteiger partial charge on any atom is 0.416 e. The fourth-order valence-corrected chi connectivity index (χ4v) is 4.44. The molecular formula is C15H16F3NO2S2. The zero-order chi connectivity index (χ0) is 17.3. The SMILES string of the molecule is CC(C)[C@@H](NS(=O)(=O)c1ccc(C(F)(F)F)cc1)c1cccs1. The molecule has 3 nitrogen and oxygen atoms in total. The molecule has 0 aliphatic heterocycles. The molecule has 0 saturated carbocycles. The van der Waals surface area contributed by atoms with Crippen LogP contribution in [0.15, 0.2) is 46.7 Å². The Morgan fingerprint density at radius 2 is 1.70 bits per heavy atom. The summed E-state index contributed by atoms with van der Waals surface area (Å²) in [5.74, 6) is -0.00197. The summed E-state index contributed by atoms with van der Waals surface area (Å²) in [6.45, 7) is 3.75. The standard InChI is InChI=1S/C15H16F3NO2S2/c1-10(2)14(13-4-3-9-22-13)19-23(20,21)12-7-5-11(6-8-12)15(16,17)18/h3-10,14,19H,1-2H3/t14-/m1/s1. The van der Waals surface area contributed by atoms with Gasteiger partial charge in [0.1, 0.15) is 0 Å². The maximum atomic E-state index is 12.6. The molecule has 2 aromatic rings. The molecule has 2 rings (SSSR count). The van der Waals surface area contributed by atoms with Gasteiger partial charge in [0.2, 0.25) is 10.0 Å². The molecule has 0 spiro atoms. The Balaban J connectivity index is 2.27. The molecule has 8 heteroatoms. The Bertz CT molecular complexity index is 736. The van der Waals surface area contributed by atoms with Gasteiger partial charge in [-0.3, -0.25) is 0 Å². The highest BCUT2D eigenvalue weighted by molar-refractivity contribution is 7.89. The van der Waals surface area contributed by atoms with E-state index in [9.17, 15) is 21.6 Å². The van der Waals surface area contributed by atoms with Gasteiger partial charge in [0.05, 0.1) is 16.5 Å². The van der Waals surface area contributed by atoms with Crippen molar-refractivity contribution >= 4 is 21.4 Å². The number of alkyl halides is 3. The summed E-state index contributed by atoms with van der Waals surface area (Å²) >= 11 is 1.43. The van der Waals surface area contributed by atoms with Crippen molar-refractivity contribution in [2.24, 2.45) is 5.92 Å². The van der Waals surface area contributed by atoms with Gasteiger partial charge in [-0.05, 0) is 41.6 Å². The van der Waals surface area contributed by atoms with E-state index >= 15 is 0 Å². The van der Waals surface area contributed by atoms with Crippen LogP contribution in [-0.4, -0.2) is 8.42 Å². The second kappa shape index (κ2) is 6.62. The Morgan fingerprint density at radius 3 is 2.13 bits per heavy atom. The van der Waals surface area contributed by atoms with Crippen LogP contribution in [0, 0.1) is 5.92 Å². The van der Waals surface area contributed by atoms with E-state index in [1.807, 2.05) is 31.4 Å². The lowest BCUT2D eigenvalue weighted by molar-refractivity contribution is -0.137.